The van der Waals surface area contributed by atoms with Gasteiger partial charge in [0.15, 0.2) is 0 Å². The molecular formula is C26H32FN3O2. The number of rotatable bonds is 9. The molecule has 3 atom stereocenters. The summed E-state index contributed by atoms with van der Waals surface area (Å²) in [6.45, 7) is 4.16. The number of amides is 2. The lowest BCUT2D eigenvalue weighted by Gasteiger charge is -2.21. The number of carbonyl (C=O) groups is 2. The molecule has 1 saturated heterocycles. The van der Waals surface area contributed by atoms with E-state index in [2.05, 4.69) is 28.5 Å². The highest BCUT2D eigenvalue weighted by Gasteiger charge is 2.44. The summed E-state index contributed by atoms with van der Waals surface area (Å²) in [5.41, 5.74) is 2.85. The first kappa shape index (κ1) is 22.3. The van der Waals surface area contributed by atoms with Crippen LogP contribution in [0.5, 0.6) is 0 Å². The molecule has 4 rings (SSSR count). The van der Waals surface area contributed by atoms with Gasteiger partial charge in [-0.05, 0) is 67.5 Å². The Morgan fingerprint density at radius 2 is 1.88 bits per heavy atom. The third-order valence-electron chi connectivity index (χ3n) is 6.49. The number of halogens is 1. The largest absolute Gasteiger partial charge is 0.371 e. The molecule has 1 aliphatic heterocycles. The van der Waals surface area contributed by atoms with Crippen molar-refractivity contribution in [3.05, 3.63) is 59.9 Å². The van der Waals surface area contributed by atoms with Crippen LogP contribution < -0.4 is 15.5 Å². The van der Waals surface area contributed by atoms with Gasteiger partial charge in [-0.3, -0.25) is 9.59 Å². The molecule has 3 unspecified atom stereocenters. The van der Waals surface area contributed by atoms with E-state index in [0.717, 1.165) is 49.3 Å². The monoisotopic (exact) mass is 437 g/mol. The first-order chi connectivity index (χ1) is 15.5. The summed E-state index contributed by atoms with van der Waals surface area (Å²) in [5.74, 6) is -0.607. The van der Waals surface area contributed by atoms with Gasteiger partial charge < -0.3 is 15.5 Å². The quantitative estimate of drug-likeness (QED) is 0.590. The van der Waals surface area contributed by atoms with E-state index in [0.29, 0.717) is 6.42 Å². The van der Waals surface area contributed by atoms with E-state index in [9.17, 15) is 14.0 Å². The standard InChI is InChI=1S/C26H32FN3O2/c1-2-3-9-24(29-25(31)23-17-22(23)18-10-12-19(27)13-11-18)26(32)28-20-7-6-8-21(16-20)30-14-4-5-15-30/h6-8,10-13,16,22-24H,2-5,9,14-15,17H2,1H3,(H,28,32)(H,29,31). The predicted molar refractivity (Wildman–Crippen MR) is 125 cm³/mol. The first-order valence-electron chi connectivity index (χ1n) is 11.8. The second-order valence-corrected chi connectivity index (χ2v) is 8.94. The maximum atomic E-state index is 13.2. The number of unbranched alkanes of at least 4 members (excludes halogenated alkanes) is 1. The van der Waals surface area contributed by atoms with E-state index in [-0.39, 0.29) is 29.5 Å². The zero-order valence-corrected chi connectivity index (χ0v) is 18.6. The molecule has 0 spiro atoms. The molecule has 1 aliphatic carbocycles. The molecule has 0 radical (unpaired) electrons. The van der Waals surface area contributed by atoms with Crippen molar-refractivity contribution < 1.29 is 14.0 Å². The van der Waals surface area contributed by atoms with Crippen LogP contribution in [-0.4, -0.2) is 30.9 Å². The fourth-order valence-electron chi connectivity index (χ4n) is 4.50. The third-order valence-corrected chi connectivity index (χ3v) is 6.49. The van der Waals surface area contributed by atoms with Gasteiger partial charge in [0.2, 0.25) is 11.8 Å². The van der Waals surface area contributed by atoms with Crippen molar-refractivity contribution >= 4 is 23.2 Å². The van der Waals surface area contributed by atoms with Crippen LogP contribution in [0.2, 0.25) is 0 Å². The van der Waals surface area contributed by atoms with Gasteiger partial charge in [-0.15, -0.1) is 0 Å². The summed E-state index contributed by atoms with van der Waals surface area (Å²) in [4.78, 5) is 28.2. The summed E-state index contributed by atoms with van der Waals surface area (Å²) in [7, 11) is 0. The van der Waals surface area contributed by atoms with Gasteiger partial charge in [0, 0.05) is 30.4 Å². The lowest BCUT2D eigenvalue weighted by atomic mass is 10.1. The molecule has 0 bridgehead atoms. The number of carbonyl (C=O) groups excluding carboxylic acids is 2. The Hall–Kier alpha value is -2.89. The molecule has 2 N–H and O–H groups in total. The molecule has 1 saturated carbocycles. The number of benzene rings is 2. The second kappa shape index (κ2) is 10.2. The van der Waals surface area contributed by atoms with Gasteiger partial charge in [-0.1, -0.05) is 38.0 Å². The highest BCUT2D eigenvalue weighted by molar-refractivity contribution is 5.98. The van der Waals surface area contributed by atoms with Crippen LogP contribution in [-0.2, 0) is 9.59 Å². The molecule has 170 valence electrons. The molecule has 2 aromatic rings. The summed E-state index contributed by atoms with van der Waals surface area (Å²) in [6, 6.07) is 13.7. The molecule has 2 amide bonds. The van der Waals surface area contributed by atoms with Crippen LogP contribution in [0.15, 0.2) is 48.5 Å². The van der Waals surface area contributed by atoms with E-state index in [1.165, 1.54) is 25.0 Å². The molecule has 2 aliphatic rings. The highest BCUT2D eigenvalue weighted by Crippen LogP contribution is 2.47. The Kier molecular flexibility index (Phi) is 7.08. The van der Waals surface area contributed by atoms with Crippen molar-refractivity contribution in [3.8, 4) is 0 Å². The first-order valence-corrected chi connectivity index (χ1v) is 11.8. The Morgan fingerprint density at radius 1 is 1.12 bits per heavy atom. The van der Waals surface area contributed by atoms with Crippen molar-refractivity contribution in [2.45, 2.75) is 57.4 Å². The van der Waals surface area contributed by atoms with Crippen LogP contribution in [0, 0.1) is 11.7 Å². The molecule has 32 heavy (non-hydrogen) atoms. The minimum absolute atomic E-state index is 0.0959. The van der Waals surface area contributed by atoms with E-state index < -0.39 is 6.04 Å². The Balaban J connectivity index is 1.37. The number of hydrogen-bond donors (Lipinski definition) is 2. The van der Waals surface area contributed by atoms with E-state index in [4.69, 9.17) is 0 Å². The lowest BCUT2D eigenvalue weighted by molar-refractivity contribution is -0.127. The number of anilines is 2. The van der Waals surface area contributed by atoms with Gasteiger partial charge in [0.05, 0.1) is 0 Å². The van der Waals surface area contributed by atoms with Crippen LogP contribution >= 0.6 is 0 Å². The van der Waals surface area contributed by atoms with Gasteiger partial charge in [0.1, 0.15) is 11.9 Å². The van der Waals surface area contributed by atoms with E-state index >= 15 is 0 Å². The molecule has 2 aromatic carbocycles. The van der Waals surface area contributed by atoms with Gasteiger partial charge >= 0.3 is 0 Å². The van der Waals surface area contributed by atoms with Crippen LogP contribution in [0.25, 0.3) is 0 Å². The van der Waals surface area contributed by atoms with Gasteiger partial charge in [0.25, 0.3) is 0 Å². The zero-order valence-electron chi connectivity index (χ0n) is 18.6. The smallest absolute Gasteiger partial charge is 0.246 e. The predicted octanol–water partition coefficient (Wildman–Crippen LogP) is 4.84. The molecule has 6 heteroatoms. The van der Waals surface area contributed by atoms with Crippen molar-refractivity contribution in [3.63, 3.8) is 0 Å². The SMILES string of the molecule is CCCCC(NC(=O)C1CC1c1ccc(F)cc1)C(=O)Nc1cccc(N2CCCC2)c1. The number of hydrogen-bond acceptors (Lipinski definition) is 3. The van der Waals surface area contributed by atoms with Crippen molar-refractivity contribution in [2.24, 2.45) is 5.92 Å². The highest BCUT2D eigenvalue weighted by atomic mass is 19.1. The van der Waals surface area contributed by atoms with Crippen LogP contribution in [0.3, 0.4) is 0 Å². The molecule has 0 aromatic heterocycles. The summed E-state index contributed by atoms with van der Waals surface area (Å²) in [6.07, 6.45) is 5.54. The third kappa shape index (κ3) is 5.47. The van der Waals surface area contributed by atoms with Gasteiger partial charge in [-0.25, -0.2) is 4.39 Å². The fourth-order valence-corrected chi connectivity index (χ4v) is 4.50. The van der Waals surface area contributed by atoms with Crippen molar-refractivity contribution in [2.75, 3.05) is 23.3 Å². The van der Waals surface area contributed by atoms with E-state index in [1.54, 1.807) is 12.1 Å². The summed E-state index contributed by atoms with van der Waals surface area (Å²) < 4.78 is 13.2. The Bertz CT molecular complexity index is 940. The van der Waals surface area contributed by atoms with Crippen molar-refractivity contribution in [1.29, 1.82) is 0 Å². The molecule has 1 heterocycles. The zero-order chi connectivity index (χ0) is 22.5. The maximum Gasteiger partial charge on any atom is 0.246 e. The summed E-state index contributed by atoms with van der Waals surface area (Å²) >= 11 is 0. The van der Waals surface area contributed by atoms with Crippen LogP contribution in [0.1, 0.15) is 56.9 Å². The Labute approximate surface area is 189 Å². The maximum absolute atomic E-state index is 13.2. The molecular weight excluding hydrogens is 405 g/mol. The average Bonchev–Trinajstić information content (AvgIpc) is 3.41. The van der Waals surface area contributed by atoms with Gasteiger partial charge in [-0.2, -0.15) is 0 Å². The Morgan fingerprint density at radius 3 is 2.59 bits per heavy atom. The lowest BCUT2D eigenvalue weighted by Crippen LogP contribution is -2.44. The van der Waals surface area contributed by atoms with Crippen LogP contribution in [0.4, 0.5) is 15.8 Å². The minimum atomic E-state index is -0.563. The topological polar surface area (TPSA) is 61.4 Å². The fraction of sp³-hybridized carbons (Fsp3) is 0.462. The van der Waals surface area contributed by atoms with Crippen molar-refractivity contribution in [1.82, 2.24) is 5.32 Å². The molecule has 2 fully saturated rings. The normalized spacial score (nSPS) is 20.6. The summed E-state index contributed by atoms with van der Waals surface area (Å²) in [5, 5.41) is 5.99. The van der Waals surface area contributed by atoms with E-state index in [1.807, 2.05) is 18.2 Å². The minimum Gasteiger partial charge on any atom is -0.371 e. The second-order valence-electron chi connectivity index (χ2n) is 8.94. The number of nitrogens with one attached hydrogen (secondary N) is 2. The molecule has 5 nitrogen and oxygen atoms in total. The average molecular weight is 438 g/mol. The number of nitrogens with zero attached hydrogens (tertiary/aromatic N) is 1.